The first-order valence-corrected chi connectivity index (χ1v) is 5.62. The van der Waals surface area contributed by atoms with Crippen molar-refractivity contribution in [2.45, 2.75) is 0 Å². The molecule has 1 aromatic carbocycles. The summed E-state index contributed by atoms with van der Waals surface area (Å²) >= 11 is 6.91. The predicted molar refractivity (Wildman–Crippen MR) is 62.9 cm³/mol. The molecule has 0 saturated heterocycles. The molecule has 1 heterocycles. The number of halogens is 2. The number of aryl methyl sites for hydroxylation is 1. The molecule has 14 heavy (non-hydrogen) atoms. The summed E-state index contributed by atoms with van der Waals surface area (Å²) in [5.41, 5.74) is 2.16. The topological polar surface area (TPSA) is 17.8 Å². The third-order valence-electron chi connectivity index (χ3n) is 1.92. The molecule has 0 fully saturated rings. The minimum absolute atomic E-state index is 1.04. The fourth-order valence-electron chi connectivity index (χ4n) is 1.30. The largest absolute Gasteiger partial charge is 0.267 e. The zero-order valence-corrected chi connectivity index (χ0v) is 10.6. The summed E-state index contributed by atoms with van der Waals surface area (Å²) < 4.78 is 3.89. The van der Waals surface area contributed by atoms with Gasteiger partial charge in [-0.2, -0.15) is 5.10 Å². The fraction of sp³-hybridized carbons (Fsp3) is 0.100. The zero-order chi connectivity index (χ0) is 10.1. The Morgan fingerprint density at radius 1 is 1.21 bits per heavy atom. The van der Waals surface area contributed by atoms with Crippen molar-refractivity contribution in [1.82, 2.24) is 9.78 Å². The van der Waals surface area contributed by atoms with Gasteiger partial charge in [0.1, 0.15) is 6.20 Å². The van der Waals surface area contributed by atoms with Crippen LogP contribution < -0.4 is 0 Å². The summed E-state index contributed by atoms with van der Waals surface area (Å²) in [4.78, 5) is 0. The van der Waals surface area contributed by atoms with Crippen LogP contribution in [0.5, 0.6) is 0 Å². The van der Waals surface area contributed by atoms with E-state index in [1.807, 2.05) is 19.2 Å². The molecule has 0 aliphatic carbocycles. The predicted octanol–water partition coefficient (Wildman–Crippen LogP) is 3.41. The number of hydrogen-bond acceptors (Lipinski definition) is 1. The maximum absolute atomic E-state index is 4.01. The van der Waals surface area contributed by atoms with Crippen LogP contribution in [-0.4, -0.2) is 9.78 Å². The first-order valence-electron chi connectivity index (χ1n) is 4.03. The van der Waals surface area contributed by atoms with Crippen molar-refractivity contribution in [1.29, 1.82) is 0 Å². The van der Waals surface area contributed by atoms with Crippen molar-refractivity contribution in [2.75, 3.05) is 0 Å². The lowest BCUT2D eigenvalue weighted by molar-refractivity contribution is 0.773. The lowest BCUT2D eigenvalue weighted by Crippen LogP contribution is -1.93. The summed E-state index contributed by atoms with van der Waals surface area (Å²) in [5, 5.41) is 4.01. The normalized spacial score (nSPS) is 10.5. The van der Waals surface area contributed by atoms with Crippen molar-refractivity contribution in [3.8, 4) is 11.3 Å². The Balaban J connectivity index is 2.57. The first-order chi connectivity index (χ1) is 6.66. The quantitative estimate of drug-likeness (QED) is 0.788. The Kier molecular flexibility index (Phi) is 2.74. The first kappa shape index (κ1) is 9.93. The van der Waals surface area contributed by atoms with Gasteiger partial charge in [0.25, 0.3) is 0 Å². The summed E-state index contributed by atoms with van der Waals surface area (Å²) in [7, 11) is 1.90. The molecule has 0 unspecified atom stereocenters. The highest BCUT2D eigenvalue weighted by atomic mass is 79.9. The molecule has 2 aromatic rings. The van der Waals surface area contributed by atoms with Gasteiger partial charge in [-0.3, -0.25) is 4.68 Å². The van der Waals surface area contributed by atoms with Crippen LogP contribution in [0.15, 0.2) is 33.2 Å². The van der Waals surface area contributed by atoms with E-state index in [0.717, 1.165) is 20.2 Å². The maximum atomic E-state index is 4.01. The van der Waals surface area contributed by atoms with Crippen LogP contribution >= 0.6 is 31.9 Å². The molecule has 2 nitrogen and oxygen atoms in total. The van der Waals surface area contributed by atoms with E-state index < -0.39 is 0 Å². The fourth-order valence-corrected chi connectivity index (χ4v) is 2.59. The molecule has 0 N–H and O–H groups in total. The third kappa shape index (κ3) is 1.91. The highest BCUT2D eigenvalue weighted by Gasteiger charge is 2.04. The number of hydrogen-bond donors (Lipinski definition) is 0. The molecular formula is C10H7Br2N2. The van der Waals surface area contributed by atoms with Gasteiger partial charge in [0.05, 0.1) is 5.69 Å². The second kappa shape index (κ2) is 3.87. The summed E-state index contributed by atoms with van der Waals surface area (Å²) in [6, 6.07) is 7.98. The molecule has 0 aliphatic rings. The van der Waals surface area contributed by atoms with Crippen LogP contribution in [-0.2, 0) is 7.05 Å². The van der Waals surface area contributed by atoms with Crippen LogP contribution in [0.1, 0.15) is 0 Å². The molecule has 0 saturated carbocycles. The van der Waals surface area contributed by atoms with Gasteiger partial charge in [0.2, 0.25) is 0 Å². The van der Waals surface area contributed by atoms with Gasteiger partial charge in [-0.25, -0.2) is 0 Å². The third-order valence-corrected chi connectivity index (χ3v) is 2.83. The highest BCUT2D eigenvalue weighted by molar-refractivity contribution is 9.11. The summed E-state index contributed by atoms with van der Waals surface area (Å²) in [5.74, 6) is 0. The molecule has 1 radical (unpaired) electrons. The van der Waals surface area contributed by atoms with Gasteiger partial charge < -0.3 is 0 Å². The van der Waals surface area contributed by atoms with E-state index in [2.05, 4.69) is 55.3 Å². The SMILES string of the molecule is Cn1n[c]cc1-c1cc(Br)cc(Br)c1. The van der Waals surface area contributed by atoms with E-state index in [4.69, 9.17) is 0 Å². The molecule has 71 valence electrons. The van der Waals surface area contributed by atoms with E-state index in [9.17, 15) is 0 Å². The smallest absolute Gasteiger partial charge is 0.113 e. The second-order valence-electron chi connectivity index (χ2n) is 2.94. The van der Waals surface area contributed by atoms with E-state index in [1.165, 1.54) is 0 Å². The van der Waals surface area contributed by atoms with Crippen molar-refractivity contribution in [3.05, 3.63) is 39.4 Å². The van der Waals surface area contributed by atoms with Gasteiger partial charge >= 0.3 is 0 Å². The van der Waals surface area contributed by atoms with E-state index in [0.29, 0.717) is 0 Å². The number of benzene rings is 1. The van der Waals surface area contributed by atoms with E-state index in [1.54, 1.807) is 4.68 Å². The number of aromatic nitrogens is 2. The Bertz CT molecular complexity index is 443. The summed E-state index contributed by atoms with van der Waals surface area (Å²) in [6.07, 6.45) is 2.82. The Labute approximate surface area is 99.2 Å². The van der Waals surface area contributed by atoms with Crippen LogP contribution in [0, 0.1) is 6.20 Å². The average Bonchev–Trinajstić information content (AvgIpc) is 2.49. The van der Waals surface area contributed by atoms with Gasteiger partial charge in [0, 0.05) is 21.6 Å². The van der Waals surface area contributed by atoms with Crippen molar-refractivity contribution in [2.24, 2.45) is 7.05 Å². The highest BCUT2D eigenvalue weighted by Crippen LogP contribution is 2.26. The van der Waals surface area contributed by atoms with Crippen molar-refractivity contribution >= 4 is 31.9 Å². The van der Waals surface area contributed by atoms with Crippen LogP contribution in [0.4, 0.5) is 0 Å². The molecule has 0 amide bonds. The molecule has 1 aromatic heterocycles. The average molecular weight is 315 g/mol. The Hall–Kier alpha value is -0.610. The van der Waals surface area contributed by atoms with Gasteiger partial charge in [-0.15, -0.1) is 0 Å². The Morgan fingerprint density at radius 3 is 2.36 bits per heavy atom. The van der Waals surface area contributed by atoms with Crippen LogP contribution in [0.3, 0.4) is 0 Å². The monoisotopic (exact) mass is 313 g/mol. The minimum Gasteiger partial charge on any atom is -0.267 e. The van der Waals surface area contributed by atoms with Gasteiger partial charge in [0.15, 0.2) is 0 Å². The minimum atomic E-state index is 1.04. The Morgan fingerprint density at radius 2 is 1.86 bits per heavy atom. The molecule has 0 spiro atoms. The van der Waals surface area contributed by atoms with Crippen LogP contribution in [0.2, 0.25) is 0 Å². The van der Waals surface area contributed by atoms with E-state index >= 15 is 0 Å². The molecule has 0 atom stereocenters. The van der Waals surface area contributed by atoms with Gasteiger partial charge in [-0.05, 0) is 24.3 Å². The molecule has 0 aliphatic heterocycles. The maximum Gasteiger partial charge on any atom is 0.113 e. The summed E-state index contributed by atoms with van der Waals surface area (Å²) in [6.45, 7) is 0. The second-order valence-corrected chi connectivity index (χ2v) is 4.77. The van der Waals surface area contributed by atoms with Crippen molar-refractivity contribution < 1.29 is 0 Å². The molecule has 2 rings (SSSR count). The van der Waals surface area contributed by atoms with Crippen molar-refractivity contribution in [3.63, 3.8) is 0 Å². The molecule has 0 bridgehead atoms. The van der Waals surface area contributed by atoms with E-state index in [-0.39, 0.29) is 0 Å². The van der Waals surface area contributed by atoms with Gasteiger partial charge in [-0.1, -0.05) is 31.9 Å². The lowest BCUT2D eigenvalue weighted by Gasteiger charge is -2.03. The number of nitrogens with zero attached hydrogens (tertiary/aromatic N) is 2. The van der Waals surface area contributed by atoms with Crippen LogP contribution in [0.25, 0.3) is 11.3 Å². The number of rotatable bonds is 1. The zero-order valence-electron chi connectivity index (χ0n) is 7.46. The molecular weight excluding hydrogens is 308 g/mol. The standard InChI is InChI=1S/C10H7Br2N2/c1-14-10(2-3-13-14)7-4-8(11)6-9(12)5-7/h2,4-6H,1H3. The lowest BCUT2D eigenvalue weighted by atomic mass is 10.1. The molecule has 4 heteroatoms.